The molecule has 0 amide bonds. The minimum atomic E-state index is -4.72. The van der Waals surface area contributed by atoms with Gasteiger partial charge in [-0.2, -0.15) is 0 Å². The van der Waals surface area contributed by atoms with Crippen molar-refractivity contribution in [3.05, 3.63) is 78.4 Å². The Hall–Kier alpha value is -3.46. The van der Waals surface area contributed by atoms with Crippen LogP contribution in [0.15, 0.2) is 67.0 Å². The van der Waals surface area contributed by atoms with E-state index in [9.17, 15) is 13.2 Å². The van der Waals surface area contributed by atoms with Crippen molar-refractivity contribution in [2.45, 2.75) is 19.4 Å². The summed E-state index contributed by atoms with van der Waals surface area (Å²) >= 11 is 0. The molecule has 6 nitrogen and oxygen atoms in total. The van der Waals surface area contributed by atoms with Crippen LogP contribution >= 0.6 is 0 Å². The van der Waals surface area contributed by atoms with Crippen LogP contribution in [-0.2, 0) is 17.8 Å². The first-order valence-corrected chi connectivity index (χ1v) is 9.15. The lowest BCUT2D eigenvalue weighted by atomic mass is 10.1. The molecule has 2 heterocycles. The fraction of sp³-hybridized carbons (Fsp3) is 0.190. The summed E-state index contributed by atoms with van der Waals surface area (Å²) in [6.07, 6.45) is -0.854. The van der Waals surface area contributed by atoms with Gasteiger partial charge in [0.05, 0.1) is 25.1 Å². The first kappa shape index (κ1) is 19.8. The van der Waals surface area contributed by atoms with Gasteiger partial charge in [-0.1, -0.05) is 30.3 Å². The van der Waals surface area contributed by atoms with Gasteiger partial charge in [-0.05, 0) is 29.8 Å². The number of ether oxygens (including phenoxy) is 2. The number of hydrogen-bond donors (Lipinski definition) is 0. The Kier molecular flexibility index (Phi) is 5.62. The molecule has 0 radical (unpaired) electrons. The zero-order valence-corrected chi connectivity index (χ0v) is 15.7. The minimum absolute atomic E-state index is 0.284. The number of fused-ring (bicyclic) bond motifs is 1. The third kappa shape index (κ3) is 4.93. The number of benzene rings is 2. The van der Waals surface area contributed by atoms with Gasteiger partial charge >= 0.3 is 6.36 Å². The van der Waals surface area contributed by atoms with Crippen molar-refractivity contribution in [2.75, 3.05) is 6.61 Å². The lowest BCUT2D eigenvalue weighted by Crippen LogP contribution is -2.16. The lowest BCUT2D eigenvalue weighted by Gasteiger charge is -2.09. The van der Waals surface area contributed by atoms with E-state index in [4.69, 9.17) is 4.74 Å². The lowest BCUT2D eigenvalue weighted by molar-refractivity contribution is -0.274. The normalized spacial score (nSPS) is 11.7. The Morgan fingerprint density at radius 1 is 0.933 bits per heavy atom. The summed E-state index contributed by atoms with van der Waals surface area (Å²) in [5, 5.41) is 8.27. The summed E-state index contributed by atoms with van der Waals surface area (Å²) in [6.45, 7) is 0.980. The second-order valence-electron chi connectivity index (χ2n) is 6.48. The second kappa shape index (κ2) is 8.50. The first-order valence-electron chi connectivity index (χ1n) is 9.15. The summed E-state index contributed by atoms with van der Waals surface area (Å²) in [6, 6.07) is 15.4. The molecular formula is C21H17F3N4O2. The molecular weight excluding hydrogens is 397 g/mol. The predicted octanol–water partition coefficient (Wildman–Crippen LogP) is 4.45. The maximum atomic E-state index is 12.3. The highest BCUT2D eigenvalue weighted by atomic mass is 19.4. The van der Waals surface area contributed by atoms with Crippen LogP contribution in [0.3, 0.4) is 0 Å². The minimum Gasteiger partial charge on any atom is -0.406 e. The Bertz CT molecular complexity index is 1110. The van der Waals surface area contributed by atoms with Gasteiger partial charge in [0.2, 0.25) is 0 Å². The van der Waals surface area contributed by atoms with E-state index >= 15 is 0 Å². The largest absolute Gasteiger partial charge is 0.573 e. The molecule has 0 unspecified atom stereocenters. The van der Waals surface area contributed by atoms with E-state index < -0.39 is 6.36 Å². The van der Waals surface area contributed by atoms with Crippen LogP contribution in [0.1, 0.15) is 11.4 Å². The van der Waals surface area contributed by atoms with Crippen LogP contribution in [0.2, 0.25) is 0 Å². The molecule has 0 N–H and O–H groups in total. The Labute approximate surface area is 169 Å². The molecule has 0 saturated heterocycles. The monoisotopic (exact) mass is 414 g/mol. The third-order valence-electron chi connectivity index (χ3n) is 4.33. The van der Waals surface area contributed by atoms with Gasteiger partial charge in [0.1, 0.15) is 11.6 Å². The summed E-state index contributed by atoms with van der Waals surface area (Å²) < 4.78 is 48.3. The van der Waals surface area contributed by atoms with Crippen molar-refractivity contribution in [1.82, 2.24) is 19.6 Å². The highest BCUT2D eigenvalue weighted by Crippen LogP contribution is 2.26. The molecule has 0 spiro atoms. The van der Waals surface area contributed by atoms with Gasteiger partial charge in [-0.25, -0.2) is 0 Å². The smallest absolute Gasteiger partial charge is 0.406 e. The number of hydrogen-bond acceptors (Lipinski definition) is 5. The van der Waals surface area contributed by atoms with Gasteiger partial charge in [0.15, 0.2) is 5.65 Å². The molecule has 0 aliphatic carbocycles. The molecule has 30 heavy (non-hydrogen) atoms. The Morgan fingerprint density at radius 2 is 1.70 bits per heavy atom. The van der Waals surface area contributed by atoms with Crippen molar-refractivity contribution >= 4 is 5.65 Å². The molecule has 0 bridgehead atoms. The Morgan fingerprint density at radius 3 is 2.43 bits per heavy atom. The fourth-order valence-corrected chi connectivity index (χ4v) is 2.92. The topological polar surface area (TPSA) is 61.5 Å². The summed E-state index contributed by atoms with van der Waals surface area (Å²) in [4.78, 5) is 4.31. The van der Waals surface area contributed by atoms with Gasteiger partial charge in [-0.15, -0.1) is 23.4 Å². The van der Waals surface area contributed by atoms with Crippen LogP contribution in [0, 0.1) is 0 Å². The van der Waals surface area contributed by atoms with Gasteiger partial charge in [-0.3, -0.25) is 9.38 Å². The molecule has 154 valence electrons. The highest BCUT2D eigenvalue weighted by molar-refractivity contribution is 5.60. The molecule has 0 saturated carbocycles. The number of halogens is 3. The van der Waals surface area contributed by atoms with Crippen LogP contribution in [0.25, 0.3) is 16.9 Å². The fourth-order valence-electron chi connectivity index (χ4n) is 2.92. The van der Waals surface area contributed by atoms with Crippen LogP contribution in [0.5, 0.6) is 5.75 Å². The van der Waals surface area contributed by atoms with Crippen molar-refractivity contribution in [2.24, 2.45) is 0 Å². The predicted molar refractivity (Wildman–Crippen MR) is 103 cm³/mol. The first-order chi connectivity index (χ1) is 14.5. The molecule has 2 aromatic heterocycles. The van der Waals surface area contributed by atoms with Crippen LogP contribution in [0.4, 0.5) is 13.2 Å². The molecule has 0 atom stereocenters. The maximum absolute atomic E-state index is 12.3. The standard InChI is InChI=1S/C21H17F3N4O2/c22-21(23,24)30-17-8-6-16(7-9-17)18-13-28-19(26-27-20(28)12-25-18)10-11-29-14-15-4-2-1-3-5-15/h1-9,12-13H,10-11,14H2. The molecule has 4 rings (SSSR count). The van der Waals surface area contributed by atoms with E-state index in [0.29, 0.717) is 42.4 Å². The highest BCUT2D eigenvalue weighted by Gasteiger charge is 2.31. The summed E-state index contributed by atoms with van der Waals surface area (Å²) in [5.74, 6) is 0.423. The van der Waals surface area contributed by atoms with E-state index in [2.05, 4.69) is 19.9 Å². The third-order valence-corrected chi connectivity index (χ3v) is 4.33. The maximum Gasteiger partial charge on any atom is 0.573 e. The van der Waals surface area contributed by atoms with E-state index in [-0.39, 0.29) is 5.75 Å². The molecule has 0 aliphatic rings. The molecule has 0 aliphatic heterocycles. The number of alkyl halides is 3. The summed E-state index contributed by atoms with van der Waals surface area (Å²) in [7, 11) is 0. The van der Waals surface area contributed by atoms with E-state index in [0.717, 1.165) is 5.56 Å². The number of nitrogens with zero attached hydrogens (tertiary/aromatic N) is 4. The summed E-state index contributed by atoms with van der Waals surface area (Å²) in [5.41, 5.74) is 2.89. The van der Waals surface area contributed by atoms with E-state index in [1.165, 1.54) is 24.3 Å². The zero-order chi connectivity index (χ0) is 21.0. The van der Waals surface area contributed by atoms with Crippen LogP contribution in [-0.4, -0.2) is 32.6 Å². The average molecular weight is 414 g/mol. The van der Waals surface area contributed by atoms with Crippen molar-refractivity contribution < 1.29 is 22.6 Å². The number of rotatable bonds is 7. The van der Waals surface area contributed by atoms with Crippen molar-refractivity contribution in [3.63, 3.8) is 0 Å². The second-order valence-corrected chi connectivity index (χ2v) is 6.48. The van der Waals surface area contributed by atoms with Crippen LogP contribution < -0.4 is 4.74 Å². The van der Waals surface area contributed by atoms with E-state index in [1.807, 2.05) is 30.3 Å². The molecule has 9 heteroatoms. The SMILES string of the molecule is FC(F)(F)Oc1ccc(-c2cn3c(CCOCc4ccccc4)nnc3cn2)cc1. The van der Waals surface area contributed by atoms with E-state index in [1.54, 1.807) is 16.8 Å². The molecule has 4 aromatic rings. The van der Waals surface area contributed by atoms with Crippen molar-refractivity contribution in [1.29, 1.82) is 0 Å². The van der Waals surface area contributed by atoms with Gasteiger partial charge in [0, 0.05) is 18.2 Å². The Balaban J connectivity index is 1.44. The average Bonchev–Trinajstić information content (AvgIpc) is 3.14. The number of aromatic nitrogens is 4. The van der Waals surface area contributed by atoms with Gasteiger partial charge in [0.25, 0.3) is 0 Å². The molecule has 2 aromatic carbocycles. The van der Waals surface area contributed by atoms with Gasteiger partial charge < -0.3 is 9.47 Å². The molecule has 0 fully saturated rings. The quantitative estimate of drug-likeness (QED) is 0.418. The van der Waals surface area contributed by atoms with Crippen molar-refractivity contribution in [3.8, 4) is 17.0 Å². The zero-order valence-electron chi connectivity index (χ0n) is 15.7.